The van der Waals surface area contributed by atoms with E-state index in [1.54, 1.807) is 13.2 Å². The molecule has 150 valence electrons. The number of nitrogens with zero attached hydrogens (tertiary/aromatic N) is 3. The quantitative estimate of drug-likeness (QED) is 0.614. The fourth-order valence-corrected chi connectivity index (χ4v) is 3.73. The molecule has 0 bridgehead atoms. The van der Waals surface area contributed by atoms with Crippen molar-refractivity contribution >= 4 is 29.0 Å². The standard InChI is InChI=1S/C23H23N3O2.ClH/c1-16-11-23(26-10-9-20(14-26)27-2)21-8-7-19(12-22(21)25-16)28-15-18-6-4-3-5-17(18)13-24;/h3-8,11-12,20H,9-10,14-15H2,1-2H3;1H. The fourth-order valence-electron chi connectivity index (χ4n) is 3.73. The van der Waals surface area contributed by atoms with Crippen molar-refractivity contribution < 1.29 is 9.47 Å². The molecule has 0 radical (unpaired) electrons. The molecule has 5 nitrogen and oxygen atoms in total. The maximum absolute atomic E-state index is 9.23. The normalized spacial score (nSPS) is 15.8. The number of fused-ring (bicyclic) bond motifs is 1. The number of halogens is 1. The second-order valence-electron chi connectivity index (χ2n) is 7.11. The van der Waals surface area contributed by atoms with Crippen LogP contribution in [0.15, 0.2) is 48.5 Å². The molecular weight excluding hydrogens is 386 g/mol. The van der Waals surface area contributed by atoms with Crippen LogP contribution in [0.3, 0.4) is 0 Å². The Morgan fingerprint density at radius 2 is 2.03 bits per heavy atom. The van der Waals surface area contributed by atoms with Gasteiger partial charge in [-0.05, 0) is 37.6 Å². The monoisotopic (exact) mass is 409 g/mol. The van der Waals surface area contributed by atoms with Crippen LogP contribution in [0.1, 0.15) is 23.2 Å². The van der Waals surface area contributed by atoms with Gasteiger partial charge in [-0.3, -0.25) is 4.98 Å². The third-order valence-electron chi connectivity index (χ3n) is 5.24. The maximum Gasteiger partial charge on any atom is 0.122 e. The van der Waals surface area contributed by atoms with Gasteiger partial charge < -0.3 is 14.4 Å². The van der Waals surface area contributed by atoms with Crippen molar-refractivity contribution in [2.24, 2.45) is 0 Å². The van der Waals surface area contributed by atoms with Crippen molar-refractivity contribution in [1.82, 2.24) is 4.98 Å². The summed E-state index contributed by atoms with van der Waals surface area (Å²) < 4.78 is 11.5. The molecule has 1 unspecified atom stereocenters. The van der Waals surface area contributed by atoms with Crippen molar-refractivity contribution in [2.75, 3.05) is 25.1 Å². The topological polar surface area (TPSA) is 58.4 Å². The molecule has 1 atom stereocenters. The molecular formula is C23H24ClN3O2. The van der Waals surface area contributed by atoms with Crippen LogP contribution < -0.4 is 9.64 Å². The number of aromatic nitrogens is 1. The molecule has 2 heterocycles. The van der Waals surface area contributed by atoms with Gasteiger partial charge in [0.15, 0.2) is 0 Å². The van der Waals surface area contributed by atoms with Crippen molar-refractivity contribution in [1.29, 1.82) is 5.26 Å². The molecule has 1 saturated heterocycles. The number of nitriles is 1. The van der Waals surface area contributed by atoms with Crippen molar-refractivity contribution in [3.05, 3.63) is 65.4 Å². The number of anilines is 1. The smallest absolute Gasteiger partial charge is 0.122 e. The number of benzene rings is 2. The second-order valence-corrected chi connectivity index (χ2v) is 7.11. The van der Waals surface area contributed by atoms with Crippen LogP contribution >= 0.6 is 12.4 Å². The van der Waals surface area contributed by atoms with Crippen LogP contribution in [0.5, 0.6) is 5.75 Å². The van der Waals surface area contributed by atoms with Gasteiger partial charge in [-0.1, -0.05) is 18.2 Å². The first kappa shape index (κ1) is 20.9. The molecule has 0 aliphatic carbocycles. The van der Waals surface area contributed by atoms with E-state index in [0.29, 0.717) is 12.2 Å². The van der Waals surface area contributed by atoms with E-state index < -0.39 is 0 Å². The van der Waals surface area contributed by atoms with E-state index in [1.807, 2.05) is 37.3 Å². The summed E-state index contributed by atoms with van der Waals surface area (Å²) in [4.78, 5) is 7.08. The third-order valence-corrected chi connectivity index (χ3v) is 5.24. The number of aryl methyl sites for hydroxylation is 1. The zero-order valence-electron chi connectivity index (χ0n) is 16.6. The highest BCUT2D eigenvalue weighted by Crippen LogP contribution is 2.32. The summed E-state index contributed by atoms with van der Waals surface area (Å²) in [6, 6.07) is 17.9. The molecule has 1 fully saturated rings. The van der Waals surface area contributed by atoms with E-state index in [2.05, 4.69) is 23.1 Å². The minimum atomic E-state index is 0. The van der Waals surface area contributed by atoms with Gasteiger partial charge in [0.1, 0.15) is 12.4 Å². The van der Waals surface area contributed by atoms with E-state index >= 15 is 0 Å². The molecule has 0 spiro atoms. The van der Waals surface area contributed by atoms with Gasteiger partial charge in [0.05, 0.1) is 23.3 Å². The average Bonchev–Trinajstić information content (AvgIpc) is 3.20. The number of rotatable bonds is 5. The molecule has 1 aromatic heterocycles. The van der Waals surface area contributed by atoms with E-state index in [9.17, 15) is 5.26 Å². The van der Waals surface area contributed by atoms with Crippen LogP contribution in [0.4, 0.5) is 5.69 Å². The second kappa shape index (κ2) is 9.13. The highest BCUT2D eigenvalue weighted by Gasteiger charge is 2.24. The molecule has 29 heavy (non-hydrogen) atoms. The molecule has 1 aliphatic rings. The number of hydrogen-bond acceptors (Lipinski definition) is 5. The Bertz CT molecular complexity index is 1050. The summed E-state index contributed by atoms with van der Waals surface area (Å²) in [5.41, 5.74) is 4.62. The minimum Gasteiger partial charge on any atom is -0.489 e. The fraction of sp³-hybridized carbons (Fsp3) is 0.304. The zero-order valence-corrected chi connectivity index (χ0v) is 17.4. The molecule has 6 heteroatoms. The Labute approximate surface area is 177 Å². The Hall–Kier alpha value is -2.81. The zero-order chi connectivity index (χ0) is 19.5. The van der Waals surface area contributed by atoms with Gasteiger partial charge in [-0.2, -0.15) is 5.26 Å². The van der Waals surface area contributed by atoms with E-state index in [-0.39, 0.29) is 18.5 Å². The van der Waals surface area contributed by atoms with Crippen LogP contribution in [0, 0.1) is 18.3 Å². The highest BCUT2D eigenvalue weighted by molar-refractivity contribution is 5.93. The van der Waals surface area contributed by atoms with E-state index in [4.69, 9.17) is 14.5 Å². The summed E-state index contributed by atoms with van der Waals surface area (Å²) in [5.74, 6) is 0.750. The molecule has 4 rings (SSSR count). The van der Waals surface area contributed by atoms with Crippen molar-refractivity contribution in [2.45, 2.75) is 26.1 Å². The Kier molecular flexibility index (Phi) is 6.58. The lowest BCUT2D eigenvalue weighted by atomic mass is 10.1. The lowest BCUT2D eigenvalue weighted by Crippen LogP contribution is -2.22. The van der Waals surface area contributed by atoms with Gasteiger partial charge in [0.25, 0.3) is 0 Å². The maximum atomic E-state index is 9.23. The van der Waals surface area contributed by atoms with Crippen molar-refractivity contribution in [3.63, 3.8) is 0 Å². The van der Waals surface area contributed by atoms with Crippen LogP contribution in [-0.4, -0.2) is 31.3 Å². The molecule has 1 aliphatic heterocycles. The van der Waals surface area contributed by atoms with Gasteiger partial charge in [-0.15, -0.1) is 12.4 Å². The van der Waals surface area contributed by atoms with Gasteiger partial charge in [0, 0.05) is 48.6 Å². The summed E-state index contributed by atoms with van der Waals surface area (Å²) in [5, 5.41) is 10.3. The predicted molar refractivity (Wildman–Crippen MR) is 117 cm³/mol. The Morgan fingerprint density at radius 3 is 2.79 bits per heavy atom. The SMILES string of the molecule is COC1CCN(c2cc(C)nc3cc(OCc4ccccc4C#N)ccc23)C1.Cl. The number of methoxy groups -OCH3 is 1. The summed E-state index contributed by atoms with van der Waals surface area (Å²) >= 11 is 0. The lowest BCUT2D eigenvalue weighted by Gasteiger charge is -2.21. The van der Waals surface area contributed by atoms with Crippen LogP contribution in [0.25, 0.3) is 10.9 Å². The first-order valence-corrected chi connectivity index (χ1v) is 9.48. The summed E-state index contributed by atoms with van der Waals surface area (Å²) in [7, 11) is 1.78. The molecule has 2 aromatic carbocycles. The van der Waals surface area contributed by atoms with Gasteiger partial charge in [0.2, 0.25) is 0 Å². The van der Waals surface area contributed by atoms with Gasteiger partial charge in [-0.25, -0.2) is 0 Å². The molecule has 3 aromatic rings. The van der Waals surface area contributed by atoms with E-state index in [1.165, 1.54) is 5.69 Å². The highest BCUT2D eigenvalue weighted by atomic mass is 35.5. The Balaban J connectivity index is 0.00000240. The third kappa shape index (κ3) is 4.45. The largest absolute Gasteiger partial charge is 0.489 e. The first-order valence-electron chi connectivity index (χ1n) is 9.48. The lowest BCUT2D eigenvalue weighted by molar-refractivity contribution is 0.121. The van der Waals surface area contributed by atoms with Gasteiger partial charge >= 0.3 is 0 Å². The number of ether oxygens (including phenoxy) is 2. The average molecular weight is 410 g/mol. The summed E-state index contributed by atoms with van der Waals surface area (Å²) in [6.07, 6.45) is 1.32. The first-order chi connectivity index (χ1) is 13.7. The molecule has 0 N–H and O–H groups in total. The summed E-state index contributed by atoms with van der Waals surface area (Å²) in [6.45, 7) is 4.26. The minimum absolute atomic E-state index is 0. The van der Waals surface area contributed by atoms with Crippen LogP contribution in [-0.2, 0) is 11.3 Å². The van der Waals surface area contributed by atoms with Crippen LogP contribution in [0.2, 0.25) is 0 Å². The Morgan fingerprint density at radius 1 is 1.21 bits per heavy atom. The van der Waals surface area contributed by atoms with E-state index in [0.717, 1.165) is 47.4 Å². The molecule has 0 saturated carbocycles. The predicted octanol–water partition coefficient (Wildman–Crippen LogP) is 4.64. The van der Waals surface area contributed by atoms with Crippen molar-refractivity contribution in [3.8, 4) is 11.8 Å². The number of pyridine rings is 1. The number of hydrogen-bond donors (Lipinski definition) is 0. The molecule has 0 amide bonds.